The van der Waals surface area contributed by atoms with E-state index in [1.54, 1.807) is 18.2 Å². The largest absolute Gasteiger partial charge is 0.508 e. The highest BCUT2D eigenvalue weighted by atomic mass is 35.5. The number of alkyl halides is 1. The van der Waals surface area contributed by atoms with Crippen LogP contribution in [0.4, 0.5) is 0 Å². The second kappa shape index (κ2) is 6.48. The van der Waals surface area contributed by atoms with Crippen LogP contribution in [0.15, 0.2) is 60.7 Å². The maximum absolute atomic E-state index is 12.5. The van der Waals surface area contributed by atoms with Crippen LogP contribution in [-0.4, -0.2) is 32.4 Å². The molecule has 3 aromatic rings. The molecule has 2 amide bonds. The summed E-state index contributed by atoms with van der Waals surface area (Å²) in [5, 5.41) is 22.0. The summed E-state index contributed by atoms with van der Waals surface area (Å²) in [4.78, 5) is 24.8. The van der Waals surface area contributed by atoms with Gasteiger partial charge in [0.2, 0.25) is 0 Å². The Morgan fingerprint density at radius 3 is 2.44 bits per heavy atom. The number of para-hydroxylation sites is 1. The second-order valence-electron chi connectivity index (χ2n) is 6.23. The lowest BCUT2D eigenvalue weighted by Crippen LogP contribution is -2.63. The van der Waals surface area contributed by atoms with Crippen molar-refractivity contribution >= 4 is 34.2 Å². The maximum atomic E-state index is 12.5. The number of carbonyl (C=O) groups is 2. The highest BCUT2D eigenvalue weighted by Crippen LogP contribution is 2.44. The van der Waals surface area contributed by atoms with Gasteiger partial charge in [0.1, 0.15) is 22.9 Å². The topological polar surface area (TPSA) is 89.9 Å². The summed E-state index contributed by atoms with van der Waals surface area (Å²) < 4.78 is 0. The molecule has 0 aliphatic carbocycles. The molecule has 1 fully saturated rings. The van der Waals surface area contributed by atoms with Crippen molar-refractivity contribution < 1.29 is 19.8 Å². The van der Waals surface area contributed by atoms with Gasteiger partial charge in [0.05, 0.1) is 5.56 Å². The molecule has 0 bridgehead atoms. The van der Waals surface area contributed by atoms with Crippen molar-refractivity contribution in [1.29, 1.82) is 0 Å². The SMILES string of the molecule is O=C(NN1C(=O)[C@@H](Cl)[C@H]1c1c(O)ccc2ccccc12)c1ccccc1O. The number of benzene rings is 3. The Bertz CT molecular complexity index is 1070. The van der Waals surface area contributed by atoms with Gasteiger partial charge in [-0.3, -0.25) is 15.0 Å². The van der Waals surface area contributed by atoms with Crippen molar-refractivity contribution in [3.8, 4) is 11.5 Å². The number of nitrogens with zero attached hydrogens (tertiary/aromatic N) is 1. The summed E-state index contributed by atoms with van der Waals surface area (Å²) >= 11 is 6.22. The lowest BCUT2D eigenvalue weighted by atomic mass is 9.90. The predicted octanol–water partition coefficient (Wildman–Crippen LogP) is 3.09. The Labute approximate surface area is 159 Å². The van der Waals surface area contributed by atoms with Gasteiger partial charge in [0, 0.05) is 5.56 Å². The molecular weight excluding hydrogens is 368 g/mol. The third-order valence-corrected chi connectivity index (χ3v) is 5.07. The number of halogens is 1. The van der Waals surface area contributed by atoms with E-state index in [-0.39, 0.29) is 17.1 Å². The quantitative estimate of drug-likeness (QED) is 0.479. The van der Waals surface area contributed by atoms with Crippen molar-refractivity contribution in [3.05, 3.63) is 71.8 Å². The van der Waals surface area contributed by atoms with Gasteiger partial charge in [-0.25, -0.2) is 5.01 Å². The summed E-state index contributed by atoms with van der Waals surface area (Å²) in [6, 6.07) is 16.0. The van der Waals surface area contributed by atoms with Crippen LogP contribution in [0.3, 0.4) is 0 Å². The minimum Gasteiger partial charge on any atom is -0.508 e. The fourth-order valence-corrected chi connectivity index (χ4v) is 3.63. The third kappa shape index (κ3) is 2.74. The van der Waals surface area contributed by atoms with Crippen LogP contribution in [0.2, 0.25) is 0 Å². The van der Waals surface area contributed by atoms with E-state index in [0.717, 1.165) is 15.8 Å². The van der Waals surface area contributed by atoms with Gasteiger partial charge in [0.15, 0.2) is 0 Å². The standard InChI is InChI=1S/C20H15ClN2O4/c21-17-18(16-12-6-2-1-5-11(12)9-10-15(16)25)23(20(17)27)22-19(26)13-7-3-4-8-14(13)24/h1-10,17-18,24-25H,(H,22,26)/t17-,18+/m0/s1. The van der Waals surface area contributed by atoms with Crippen molar-refractivity contribution in [1.82, 2.24) is 10.4 Å². The van der Waals surface area contributed by atoms with Crippen LogP contribution in [-0.2, 0) is 4.79 Å². The molecule has 136 valence electrons. The first-order valence-electron chi connectivity index (χ1n) is 8.26. The van der Waals surface area contributed by atoms with E-state index in [1.807, 2.05) is 24.3 Å². The average molecular weight is 383 g/mol. The molecule has 3 aromatic carbocycles. The maximum Gasteiger partial charge on any atom is 0.273 e. The fourth-order valence-electron chi connectivity index (χ4n) is 3.28. The molecule has 0 unspecified atom stereocenters. The Morgan fingerprint density at radius 2 is 1.67 bits per heavy atom. The van der Waals surface area contributed by atoms with Gasteiger partial charge in [-0.05, 0) is 29.0 Å². The monoisotopic (exact) mass is 382 g/mol. The Hall–Kier alpha value is -3.25. The molecule has 1 aliphatic heterocycles. The number of rotatable bonds is 3. The van der Waals surface area contributed by atoms with Crippen LogP contribution in [0.25, 0.3) is 10.8 Å². The number of nitrogens with one attached hydrogen (secondary N) is 1. The zero-order valence-electron chi connectivity index (χ0n) is 14.0. The molecule has 3 N–H and O–H groups in total. The Balaban J connectivity index is 1.71. The predicted molar refractivity (Wildman–Crippen MR) is 100 cm³/mol. The molecule has 0 radical (unpaired) electrons. The Kier molecular flexibility index (Phi) is 4.12. The van der Waals surface area contributed by atoms with Crippen LogP contribution >= 0.6 is 11.6 Å². The van der Waals surface area contributed by atoms with Crippen molar-refractivity contribution in [2.75, 3.05) is 0 Å². The van der Waals surface area contributed by atoms with Gasteiger partial charge in [-0.15, -0.1) is 11.6 Å². The number of phenolic OH excluding ortho intramolecular Hbond substituents is 2. The van der Waals surface area contributed by atoms with E-state index < -0.39 is 23.2 Å². The first-order chi connectivity index (χ1) is 13.0. The minimum absolute atomic E-state index is 0.0151. The number of hydrogen-bond acceptors (Lipinski definition) is 4. The van der Waals surface area contributed by atoms with Gasteiger partial charge >= 0.3 is 0 Å². The molecule has 1 heterocycles. The van der Waals surface area contributed by atoms with Crippen molar-refractivity contribution in [2.24, 2.45) is 0 Å². The molecule has 0 spiro atoms. The fraction of sp³-hybridized carbons (Fsp3) is 0.100. The van der Waals surface area contributed by atoms with Crippen LogP contribution < -0.4 is 5.43 Å². The lowest BCUT2D eigenvalue weighted by Gasteiger charge is -2.44. The van der Waals surface area contributed by atoms with Crippen molar-refractivity contribution in [2.45, 2.75) is 11.4 Å². The van der Waals surface area contributed by atoms with Crippen molar-refractivity contribution in [3.63, 3.8) is 0 Å². The molecule has 0 saturated carbocycles. The molecule has 1 saturated heterocycles. The highest BCUT2D eigenvalue weighted by Gasteiger charge is 2.50. The molecule has 2 atom stereocenters. The number of fused-ring (bicyclic) bond motifs is 1. The third-order valence-electron chi connectivity index (χ3n) is 4.64. The number of phenols is 2. The molecule has 1 aliphatic rings. The highest BCUT2D eigenvalue weighted by molar-refractivity contribution is 6.34. The second-order valence-corrected chi connectivity index (χ2v) is 6.70. The van der Waals surface area contributed by atoms with Gasteiger partial charge in [-0.1, -0.05) is 42.5 Å². The van der Waals surface area contributed by atoms with Gasteiger partial charge < -0.3 is 10.2 Å². The van der Waals surface area contributed by atoms with E-state index in [2.05, 4.69) is 5.43 Å². The molecule has 4 rings (SSSR count). The Morgan fingerprint density at radius 1 is 0.963 bits per heavy atom. The first-order valence-corrected chi connectivity index (χ1v) is 8.69. The normalized spacial score (nSPS) is 19.0. The van der Waals surface area contributed by atoms with E-state index in [9.17, 15) is 19.8 Å². The number of β-lactam (4-membered cyclic amide) rings is 1. The minimum atomic E-state index is -0.925. The summed E-state index contributed by atoms with van der Waals surface area (Å²) in [5.41, 5.74) is 2.98. The summed E-state index contributed by atoms with van der Waals surface area (Å²) in [6.07, 6.45) is 0. The molecular formula is C20H15ClN2O4. The summed E-state index contributed by atoms with van der Waals surface area (Å²) in [6.45, 7) is 0. The van der Waals surface area contributed by atoms with E-state index in [1.165, 1.54) is 18.2 Å². The van der Waals surface area contributed by atoms with E-state index in [0.29, 0.717) is 5.56 Å². The number of hydrazine groups is 1. The van der Waals surface area contributed by atoms with Crippen LogP contribution in [0, 0.1) is 0 Å². The zero-order valence-corrected chi connectivity index (χ0v) is 14.7. The molecule has 7 heteroatoms. The first kappa shape index (κ1) is 17.2. The van der Waals surface area contributed by atoms with Crippen LogP contribution in [0.1, 0.15) is 22.0 Å². The molecule has 27 heavy (non-hydrogen) atoms. The lowest BCUT2D eigenvalue weighted by molar-refractivity contribution is -0.149. The smallest absolute Gasteiger partial charge is 0.273 e. The summed E-state index contributed by atoms with van der Waals surface area (Å²) in [7, 11) is 0. The average Bonchev–Trinajstić information content (AvgIpc) is 2.69. The molecule has 0 aromatic heterocycles. The number of hydrogen-bond donors (Lipinski definition) is 3. The van der Waals surface area contributed by atoms with Crippen LogP contribution in [0.5, 0.6) is 11.5 Å². The van der Waals surface area contributed by atoms with Gasteiger partial charge in [-0.2, -0.15) is 0 Å². The van der Waals surface area contributed by atoms with E-state index in [4.69, 9.17) is 11.6 Å². The van der Waals surface area contributed by atoms with E-state index >= 15 is 0 Å². The summed E-state index contributed by atoms with van der Waals surface area (Å²) in [5.74, 6) is -1.35. The number of carbonyl (C=O) groups excluding carboxylic acids is 2. The van der Waals surface area contributed by atoms with Gasteiger partial charge in [0.25, 0.3) is 11.8 Å². The molecule has 6 nitrogen and oxygen atoms in total. The zero-order chi connectivity index (χ0) is 19.1. The number of amides is 2. The number of aromatic hydroxyl groups is 2.